The first kappa shape index (κ1) is 13.5. The van der Waals surface area contributed by atoms with Gasteiger partial charge in [0.25, 0.3) is 0 Å². The third-order valence-electron chi connectivity index (χ3n) is 3.00. The summed E-state index contributed by atoms with van der Waals surface area (Å²) in [6, 6.07) is 13.1. The van der Waals surface area contributed by atoms with E-state index in [1.165, 1.54) is 11.3 Å². The minimum Gasteiger partial charge on any atom is -0.506 e. The molecule has 0 saturated heterocycles. The molecule has 1 N–H and O–H groups in total. The third kappa shape index (κ3) is 2.85. The molecule has 0 aliphatic carbocycles. The number of fused-ring (bicyclic) bond motifs is 1. The first-order valence-electron chi connectivity index (χ1n) is 6.41. The zero-order valence-corrected chi connectivity index (χ0v) is 12.5. The maximum Gasteiger partial charge on any atom is 0.231 e. The summed E-state index contributed by atoms with van der Waals surface area (Å²) < 4.78 is 1.07. The van der Waals surface area contributed by atoms with Gasteiger partial charge in [-0.1, -0.05) is 23.5 Å². The fourth-order valence-corrected chi connectivity index (χ4v) is 2.66. The van der Waals surface area contributed by atoms with Gasteiger partial charge in [-0.25, -0.2) is 4.98 Å². The van der Waals surface area contributed by atoms with E-state index in [9.17, 15) is 5.11 Å². The van der Waals surface area contributed by atoms with Crippen LogP contribution in [-0.4, -0.2) is 24.2 Å². The number of nitrogens with zero attached hydrogens (tertiary/aromatic N) is 4. The van der Waals surface area contributed by atoms with Crippen molar-refractivity contribution >= 4 is 38.1 Å². The number of rotatable bonds is 3. The lowest BCUT2D eigenvalue weighted by Crippen LogP contribution is -2.07. The molecule has 0 aliphatic rings. The fraction of sp³-hybridized carbons (Fsp3) is 0.133. The normalized spacial score (nSPS) is 11.3. The van der Waals surface area contributed by atoms with Gasteiger partial charge < -0.3 is 10.0 Å². The first-order valence-corrected chi connectivity index (χ1v) is 7.23. The number of hydrogen-bond acceptors (Lipinski definition) is 6. The Morgan fingerprint density at radius 3 is 2.62 bits per heavy atom. The zero-order valence-electron chi connectivity index (χ0n) is 11.7. The molecule has 21 heavy (non-hydrogen) atoms. The van der Waals surface area contributed by atoms with Crippen LogP contribution >= 0.6 is 11.3 Å². The standard InChI is InChI=1S/C15H14N4OS/c1-19(2)10-7-8-11(13(20)9-10)17-18-15-16-12-5-3-4-6-14(12)21-15/h3-9,20H,1-2H3. The number of phenols is 1. The number of anilines is 1. The summed E-state index contributed by atoms with van der Waals surface area (Å²) in [4.78, 5) is 6.28. The second kappa shape index (κ2) is 5.49. The molecule has 0 saturated carbocycles. The number of aromatic hydroxyl groups is 1. The van der Waals surface area contributed by atoms with Gasteiger partial charge in [-0.3, -0.25) is 0 Å². The van der Waals surface area contributed by atoms with Crippen LogP contribution in [0.5, 0.6) is 5.75 Å². The Bertz CT molecular complexity index is 777. The predicted octanol–water partition coefficient (Wildman–Crippen LogP) is 4.48. The monoisotopic (exact) mass is 298 g/mol. The molecular formula is C15H14N4OS. The number of aromatic nitrogens is 1. The van der Waals surface area contributed by atoms with Crippen LogP contribution in [0.4, 0.5) is 16.5 Å². The summed E-state index contributed by atoms with van der Waals surface area (Å²) in [6.45, 7) is 0. The van der Waals surface area contributed by atoms with E-state index in [-0.39, 0.29) is 5.75 Å². The molecule has 3 rings (SSSR count). The molecule has 2 aromatic carbocycles. The molecule has 0 spiro atoms. The molecule has 6 heteroatoms. The highest BCUT2D eigenvalue weighted by Crippen LogP contribution is 2.33. The molecule has 0 unspecified atom stereocenters. The summed E-state index contributed by atoms with van der Waals surface area (Å²) in [5.74, 6) is 0.103. The summed E-state index contributed by atoms with van der Waals surface area (Å²) >= 11 is 1.47. The molecular weight excluding hydrogens is 284 g/mol. The smallest absolute Gasteiger partial charge is 0.231 e. The molecule has 0 aliphatic heterocycles. The second-order valence-corrected chi connectivity index (χ2v) is 5.74. The van der Waals surface area contributed by atoms with Crippen molar-refractivity contribution in [1.82, 2.24) is 4.98 Å². The zero-order chi connectivity index (χ0) is 14.8. The Kier molecular flexibility index (Phi) is 3.53. The average Bonchev–Trinajstić information content (AvgIpc) is 2.88. The van der Waals surface area contributed by atoms with E-state index in [1.807, 2.05) is 49.3 Å². The number of hydrogen-bond donors (Lipinski definition) is 1. The molecule has 106 valence electrons. The van der Waals surface area contributed by atoms with Crippen LogP contribution in [-0.2, 0) is 0 Å². The Labute approximate surface area is 126 Å². The molecule has 3 aromatic rings. The maximum absolute atomic E-state index is 9.96. The molecule has 0 radical (unpaired) electrons. The van der Waals surface area contributed by atoms with Gasteiger partial charge in [-0.05, 0) is 24.3 Å². The minimum absolute atomic E-state index is 0.103. The first-order chi connectivity index (χ1) is 10.1. The highest BCUT2D eigenvalue weighted by atomic mass is 32.1. The van der Waals surface area contributed by atoms with Crippen molar-refractivity contribution in [3.63, 3.8) is 0 Å². The number of thiazole rings is 1. The van der Waals surface area contributed by atoms with Crippen molar-refractivity contribution in [2.45, 2.75) is 0 Å². The van der Waals surface area contributed by atoms with Crippen molar-refractivity contribution in [3.8, 4) is 5.75 Å². The Hall–Kier alpha value is -2.47. The van der Waals surface area contributed by atoms with E-state index in [2.05, 4.69) is 15.2 Å². The van der Waals surface area contributed by atoms with Crippen molar-refractivity contribution in [3.05, 3.63) is 42.5 Å². The summed E-state index contributed by atoms with van der Waals surface area (Å²) in [5.41, 5.74) is 2.25. The van der Waals surface area contributed by atoms with Crippen LogP contribution in [0.25, 0.3) is 10.2 Å². The van der Waals surface area contributed by atoms with Crippen LogP contribution < -0.4 is 4.90 Å². The third-order valence-corrected chi connectivity index (χ3v) is 3.92. The molecule has 5 nitrogen and oxygen atoms in total. The second-order valence-electron chi connectivity index (χ2n) is 4.73. The van der Waals surface area contributed by atoms with Gasteiger partial charge in [0.1, 0.15) is 11.4 Å². The van der Waals surface area contributed by atoms with Crippen molar-refractivity contribution < 1.29 is 5.11 Å². The average molecular weight is 298 g/mol. The minimum atomic E-state index is 0.103. The van der Waals surface area contributed by atoms with Crippen LogP contribution in [0.1, 0.15) is 0 Å². The quantitative estimate of drug-likeness (QED) is 0.725. The largest absolute Gasteiger partial charge is 0.506 e. The molecule has 1 aromatic heterocycles. The number of para-hydroxylation sites is 1. The summed E-state index contributed by atoms with van der Waals surface area (Å²) in [6.07, 6.45) is 0. The summed E-state index contributed by atoms with van der Waals surface area (Å²) in [5, 5.41) is 18.7. The summed E-state index contributed by atoms with van der Waals surface area (Å²) in [7, 11) is 3.83. The van der Waals surface area contributed by atoms with Gasteiger partial charge in [-0.2, -0.15) is 0 Å². The van der Waals surface area contributed by atoms with Gasteiger partial charge in [-0.15, -0.1) is 10.2 Å². The lowest BCUT2D eigenvalue weighted by molar-refractivity contribution is 0.476. The highest BCUT2D eigenvalue weighted by molar-refractivity contribution is 7.21. The Balaban J connectivity index is 1.88. The topological polar surface area (TPSA) is 61.1 Å². The van der Waals surface area contributed by atoms with Gasteiger partial charge in [0.15, 0.2) is 0 Å². The maximum atomic E-state index is 9.96. The van der Waals surface area contributed by atoms with Crippen LogP contribution in [0, 0.1) is 0 Å². The van der Waals surface area contributed by atoms with Gasteiger partial charge in [0.05, 0.1) is 10.2 Å². The number of benzene rings is 2. The van der Waals surface area contributed by atoms with Crippen molar-refractivity contribution in [2.75, 3.05) is 19.0 Å². The fourth-order valence-electron chi connectivity index (χ4n) is 1.87. The van der Waals surface area contributed by atoms with Gasteiger partial charge in [0.2, 0.25) is 5.13 Å². The van der Waals surface area contributed by atoms with E-state index >= 15 is 0 Å². The molecule has 1 heterocycles. The highest BCUT2D eigenvalue weighted by Gasteiger charge is 2.05. The van der Waals surface area contributed by atoms with E-state index < -0.39 is 0 Å². The number of phenolic OH excluding ortho intramolecular Hbond substituents is 1. The molecule has 0 amide bonds. The van der Waals surface area contributed by atoms with E-state index in [0.29, 0.717) is 10.8 Å². The Morgan fingerprint density at radius 1 is 1.10 bits per heavy atom. The molecule has 0 bridgehead atoms. The van der Waals surface area contributed by atoms with Crippen LogP contribution in [0.2, 0.25) is 0 Å². The lowest BCUT2D eigenvalue weighted by atomic mass is 10.2. The van der Waals surface area contributed by atoms with Crippen molar-refractivity contribution in [2.24, 2.45) is 10.2 Å². The predicted molar refractivity (Wildman–Crippen MR) is 86.2 cm³/mol. The van der Waals surface area contributed by atoms with Crippen LogP contribution in [0.3, 0.4) is 0 Å². The van der Waals surface area contributed by atoms with Gasteiger partial charge >= 0.3 is 0 Å². The Morgan fingerprint density at radius 2 is 1.90 bits per heavy atom. The van der Waals surface area contributed by atoms with E-state index in [4.69, 9.17) is 0 Å². The van der Waals surface area contributed by atoms with E-state index in [0.717, 1.165) is 15.9 Å². The number of azo groups is 1. The van der Waals surface area contributed by atoms with Gasteiger partial charge in [0, 0.05) is 25.8 Å². The lowest BCUT2D eigenvalue weighted by Gasteiger charge is -2.12. The molecule has 0 atom stereocenters. The SMILES string of the molecule is CN(C)c1ccc(N=Nc2nc3ccccc3s2)c(O)c1. The van der Waals surface area contributed by atoms with E-state index in [1.54, 1.807) is 12.1 Å². The van der Waals surface area contributed by atoms with Crippen LogP contribution in [0.15, 0.2) is 52.7 Å². The van der Waals surface area contributed by atoms with Crippen molar-refractivity contribution in [1.29, 1.82) is 0 Å². The molecule has 0 fully saturated rings.